The van der Waals surface area contributed by atoms with Crippen molar-refractivity contribution in [3.05, 3.63) is 149 Å². The number of carbonyl (C=O) groups excluding carboxylic acids is 1. The van der Waals surface area contributed by atoms with Gasteiger partial charge in [0, 0.05) is 12.2 Å². The van der Waals surface area contributed by atoms with Crippen LogP contribution in [0.2, 0.25) is 10.0 Å². The molecule has 0 aliphatic carbocycles. The summed E-state index contributed by atoms with van der Waals surface area (Å²) in [6, 6.07) is 33.4. The molecule has 384 valence electrons. The predicted octanol–water partition coefficient (Wildman–Crippen LogP) is 10.5. The lowest BCUT2D eigenvalue weighted by molar-refractivity contribution is 0.252. The van der Waals surface area contributed by atoms with Gasteiger partial charge in [0.05, 0.1) is 69.7 Å². The maximum absolute atomic E-state index is 12.9. The van der Waals surface area contributed by atoms with Gasteiger partial charge < -0.3 is 47.1 Å². The van der Waals surface area contributed by atoms with Gasteiger partial charge in [-0.1, -0.05) is 77.8 Å². The molecule has 0 saturated carbocycles. The standard InChI is InChI=1S/C29H31ClN6O4S.C22H26ClN5O3S/c1-19(2)41(38,39)26-12-8-7-11-23(26)34-27-22(30)18-32-28(36-27)35-24-17-20(13-14-25(24)40-3)15-16-31-29(37)33-21-9-5-4-6-10-21;1-14(2)32(29,30)20-7-5-4-6-17(20)26-21-16(23)13-25-22(28-21)27-18-12-15(10-11-24)8-9-19(18)31-3/h4-14,17-19H,15-16H2,1-3H3,(H2,31,33,37)(H2,32,34,35,36);4-9,12-14H,10-11,24H2,1-3H3,(H2,25,26,27,28). The Morgan fingerprint density at radius 2 is 1.03 bits per heavy atom. The average Bonchev–Trinajstić information content (AvgIpc) is 3.37. The number of amides is 2. The van der Waals surface area contributed by atoms with Crippen molar-refractivity contribution >= 4 is 101 Å². The number of urea groups is 1. The molecular weight excluding hydrogens is 1010 g/mol. The number of benzene rings is 5. The van der Waals surface area contributed by atoms with Crippen molar-refractivity contribution in [2.45, 2.75) is 60.8 Å². The third-order valence-corrected chi connectivity index (χ3v) is 15.8. The molecule has 0 fully saturated rings. The number of nitrogens with one attached hydrogen (secondary N) is 6. The van der Waals surface area contributed by atoms with E-state index in [2.05, 4.69) is 51.8 Å². The van der Waals surface area contributed by atoms with Gasteiger partial charge in [-0.05, 0) is 119 Å². The third-order valence-electron chi connectivity index (χ3n) is 10.8. The number of methoxy groups -OCH3 is 2. The zero-order valence-corrected chi connectivity index (χ0v) is 44.0. The summed E-state index contributed by atoms with van der Waals surface area (Å²) < 4.78 is 62.2. The minimum absolute atomic E-state index is 0.152. The van der Waals surface area contributed by atoms with Crippen molar-refractivity contribution < 1.29 is 31.1 Å². The van der Waals surface area contributed by atoms with Gasteiger partial charge in [-0.25, -0.2) is 31.6 Å². The van der Waals surface area contributed by atoms with Gasteiger partial charge in [0.15, 0.2) is 31.3 Å². The van der Waals surface area contributed by atoms with E-state index in [-0.39, 0.29) is 49.4 Å². The topological polar surface area (TPSA) is 254 Å². The van der Waals surface area contributed by atoms with E-state index in [4.69, 9.17) is 38.4 Å². The van der Waals surface area contributed by atoms with E-state index in [1.165, 1.54) is 12.4 Å². The number of carbonyl (C=O) groups is 1. The summed E-state index contributed by atoms with van der Waals surface area (Å²) in [7, 11) is -3.94. The van der Waals surface area contributed by atoms with Crippen LogP contribution >= 0.6 is 23.2 Å². The van der Waals surface area contributed by atoms with Crippen LogP contribution in [0.5, 0.6) is 11.5 Å². The third kappa shape index (κ3) is 14.7. The molecule has 0 radical (unpaired) electrons. The summed E-state index contributed by atoms with van der Waals surface area (Å²) in [5, 5.41) is 17.3. The normalized spacial score (nSPS) is 11.3. The molecule has 8 N–H and O–H groups in total. The number of para-hydroxylation sites is 3. The number of halogens is 2. The summed E-state index contributed by atoms with van der Waals surface area (Å²) in [5.41, 5.74) is 10.4. The van der Waals surface area contributed by atoms with Crippen molar-refractivity contribution in [2.24, 2.45) is 5.73 Å². The van der Waals surface area contributed by atoms with Crippen LogP contribution in [0.4, 0.5) is 56.8 Å². The van der Waals surface area contributed by atoms with Crippen molar-refractivity contribution in [3.8, 4) is 11.5 Å². The molecular formula is C51H57Cl2N11O7S2. The van der Waals surface area contributed by atoms with Gasteiger partial charge >= 0.3 is 6.03 Å². The molecule has 7 rings (SSSR count). The molecule has 0 bridgehead atoms. The number of aromatic nitrogens is 4. The molecule has 0 unspecified atom stereocenters. The van der Waals surface area contributed by atoms with E-state index in [0.717, 1.165) is 11.1 Å². The van der Waals surface area contributed by atoms with E-state index in [9.17, 15) is 21.6 Å². The first-order chi connectivity index (χ1) is 34.9. The highest BCUT2D eigenvalue weighted by atomic mass is 35.5. The van der Waals surface area contributed by atoms with Crippen molar-refractivity contribution in [1.29, 1.82) is 0 Å². The first-order valence-corrected chi connectivity index (χ1v) is 26.7. The minimum Gasteiger partial charge on any atom is -0.495 e. The first kappa shape index (κ1) is 55.1. The zero-order valence-electron chi connectivity index (χ0n) is 40.9. The highest BCUT2D eigenvalue weighted by Crippen LogP contribution is 2.35. The summed E-state index contributed by atoms with van der Waals surface area (Å²) in [6.45, 7) is 7.46. The number of sulfone groups is 2. The molecule has 2 aromatic heterocycles. The highest BCUT2D eigenvalue weighted by Gasteiger charge is 2.25. The largest absolute Gasteiger partial charge is 0.495 e. The Bertz CT molecular complexity index is 3240. The summed E-state index contributed by atoms with van der Waals surface area (Å²) in [4.78, 5) is 29.9. The van der Waals surface area contributed by atoms with E-state index < -0.39 is 30.2 Å². The Morgan fingerprint density at radius 1 is 0.589 bits per heavy atom. The second kappa shape index (κ2) is 25.4. The van der Waals surface area contributed by atoms with Crippen LogP contribution in [-0.4, -0.2) is 80.6 Å². The fourth-order valence-electron chi connectivity index (χ4n) is 6.87. The molecule has 0 spiro atoms. The Morgan fingerprint density at radius 3 is 1.47 bits per heavy atom. The van der Waals surface area contributed by atoms with Gasteiger partial charge in [0.1, 0.15) is 21.5 Å². The number of hydrogen-bond acceptors (Lipinski definition) is 16. The van der Waals surface area contributed by atoms with E-state index in [1.54, 1.807) is 90.4 Å². The summed E-state index contributed by atoms with van der Waals surface area (Å²) >= 11 is 12.7. The van der Waals surface area contributed by atoms with Gasteiger partial charge in [0.2, 0.25) is 11.9 Å². The van der Waals surface area contributed by atoms with Crippen LogP contribution in [-0.2, 0) is 32.5 Å². The number of hydrogen-bond donors (Lipinski definition) is 7. The fourth-order valence-corrected chi connectivity index (χ4v) is 9.55. The number of ether oxygens (including phenoxy) is 2. The first-order valence-electron chi connectivity index (χ1n) is 22.9. The molecule has 18 nitrogen and oxygen atoms in total. The van der Waals surface area contributed by atoms with Crippen LogP contribution in [0.3, 0.4) is 0 Å². The van der Waals surface area contributed by atoms with Gasteiger partial charge in [-0.15, -0.1) is 0 Å². The van der Waals surface area contributed by atoms with Crippen LogP contribution in [0, 0.1) is 0 Å². The lowest BCUT2D eigenvalue weighted by Crippen LogP contribution is -2.30. The quantitative estimate of drug-likeness (QED) is 0.0375. The molecule has 2 heterocycles. The van der Waals surface area contributed by atoms with Gasteiger partial charge in [-0.3, -0.25) is 0 Å². The van der Waals surface area contributed by atoms with E-state index >= 15 is 0 Å². The second-order valence-electron chi connectivity index (χ2n) is 16.6. The van der Waals surface area contributed by atoms with E-state index in [1.807, 2.05) is 66.7 Å². The Labute approximate surface area is 435 Å². The summed E-state index contributed by atoms with van der Waals surface area (Å²) in [5.74, 6) is 2.17. The molecule has 0 saturated heterocycles. The lowest BCUT2D eigenvalue weighted by atomic mass is 10.1. The molecule has 73 heavy (non-hydrogen) atoms. The Balaban J connectivity index is 0.000000246. The predicted molar refractivity (Wildman–Crippen MR) is 291 cm³/mol. The highest BCUT2D eigenvalue weighted by molar-refractivity contribution is 7.92. The molecule has 22 heteroatoms. The summed E-state index contributed by atoms with van der Waals surface area (Å²) in [6.07, 6.45) is 4.14. The van der Waals surface area contributed by atoms with E-state index in [0.29, 0.717) is 65.9 Å². The molecule has 0 aliphatic rings. The lowest BCUT2D eigenvalue weighted by Gasteiger charge is -2.16. The molecule has 5 aromatic carbocycles. The second-order valence-corrected chi connectivity index (χ2v) is 22.3. The molecule has 7 aromatic rings. The van der Waals surface area contributed by atoms with Crippen molar-refractivity contribution in [2.75, 3.05) is 53.9 Å². The molecule has 2 amide bonds. The Hall–Kier alpha value is -7.23. The molecule has 0 aliphatic heterocycles. The number of rotatable bonds is 20. The monoisotopic (exact) mass is 1070 g/mol. The number of nitrogens with zero attached hydrogens (tertiary/aromatic N) is 4. The smallest absolute Gasteiger partial charge is 0.319 e. The van der Waals surface area contributed by atoms with Crippen LogP contribution < -0.4 is 47.1 Å². The van der Waals surface area contributed by atoms with Crippen molar-refractivity contribution in [1.82, 2.24) is 25.3 Å². The van der Waals surface area contributed by atoms with Crippen molar-refractivity contribution in [3.63, 3.8) is 0 Å². The van der Waals surface area contributed by atoms with Crippen LogP contribution in [0.1, 0.15) is 38.8 Å². The number of nitrogens with two attached hydrogens (primary N) is 1. The fraction of sp³-hybridized carbons (Fsp3) is 0.235. The number of anilines is 9. The maximum atomic E-state index is 12.9. The van der Waals surface area contributed by atoms with Gasteiger partial charge in [0.25, 0.3) is 0 Å². The Kier molecular flexibility index (Phi) is 19.2. The SMILES string of the molecule is COc1ccc(CCN)cc1Nc1ncc(Cl)c(Nc2ccccc2S(=O)(=O)C(C)C)n1.COc1ccc(CCNC(=O)Nc2ccccc2)cc1Nc1ncc(Cl)c(Nc2ccccc2S(=O)(=O)C(C)C)n1. The average molecular weight is 1070 g/mol. The van der Waals surface area contributed by atoms with Gasteiger partial charge in [-0.2, -0.15) is 9.97 Å². The molecule has 0 atom stereocenters. The van der Waals surface area contributed by atoms with Crippen LogP contribution in [0.15, 0.2) is 137 Å². The van der Waals surface area contributed by atoms with Crippen LogP contribution in [0.25, 0.3) is 0 Å². The zero-order chi connectivity index (χ0) is 52.7. The minimum atomic E-state index is -3.55. The maximum Gasteiger partial charge on any atom is 0.319 e.